The molecule has 0 spiro atoms. The average molecular weight is 329 g/mol. The molecule has 3 amide bonds. The number of aromatic nitrogens is 2. The van der Waals surface area contributed by atoms with E-state index in [0.717, 1.165) is 5.82 Å². The summed E-state index contributed by atoms with van der Waals surface area (Å²) in [5.41, 5.74) is 6.91. The van der Waals surface area contributed by atoms with Crippen LogP contribution < -0.4 is 16.4 Å². The van der Waals surface area contributed by atoms with E-state index in [1.807, 2.05) is 31.7 Å². The van der Waals surface area contributed by atoms with Gasteiger partial charge in [0.1, 0.15) is 5.82 Å². The number of hydrogen-bond donors (Lipinski definition) is 3. The lowest BCUT2D eigenvalue weighted by atomic mass is 10.0. The molecule has 4 N–H and O–H groups in total. The lowest BCUT2D eigenvalue weighted by Gasteiger charge is -2.22. The summed E-state index contributed by atoms with van der Waals surface area (Å²) >= 11 is 0. The highest BCUT2D eigenvalue weighted by Crippen LogP contribution is 2.21. The number of anilines is 1. The standard InChI is InChI=1S/C17H23N5O2/c1-10(2)14(16-19-8-9-22(16)4)21-17(24)20-13-7-5-6-12(11(13)3)15(18)23/h5-10,14H,1-4H3,(H2,18,23)(H2,20,21,24)/t14-/m0/s1. The molecule has 1 aromatic carbocycles. The van der Waals surface area contributed by atoms with Gasteiger partial charge in [-0.15, -0.1) is 0 Å². The van der Waals surface area contributed by atoms with Crippen LogP contribution in [0.5, 0.6) is 0 Å². The highest BCUT2D eigenvalue weighted by molar-refractivity contribution is 5.98. The number of amides is 3. The van der Waals surface area contributed by atoms with E-state index in [2.05, 4.69) is 15.6 Å². The molecule has 7 heteroatoms. The number of carbonyl (C=O) groups is 2. The second-order valence-corrected chi connectivity index (χ2v) is 6.06. The number of hydrogen-bond acceptors (Lipinski definition) is 3. The molecule has 2 aromatic rings. The highest BCUT2D eigenvalue weighted by atomic mass is 16.2. The average Bonchev–Trinajstić information content (AvgIpc) is 2.92. The Morgan fingerprint density at radius 3 is 2.54 bits per heavy atom. The smallest absolute Gasteiger partial charge is 0.319 e. The Morgan fingerprint density at radius 2 is 2.00 bits per heavy atom. The van der Waals surface area contributed by atoms with Crippen molar-refractivity contribution in [2.45, 2.75) is 26.8 Å². The Balaban J connectivity index is 2.17. The number of nitrogens with one attached hydrogen (secondary N) is 2. The summed E-state index contributed by atoms with van der Waals surface area (Å²) in [5.74, 6) is 0.419. The van der Waals surface area contributed by atoms with Crippen LogP contribution in [0, 0.1) is 12.8 Å². The SMILES string of the molecule is Cc1c(NC(=O)N[C@H](c2nccn2C)C(C)C)cccc1C(N)=O. The summed E-state index contributed by atoms with van der Waals surface area (Å²) in [4.78, 5) is 28.1. The van der Waals surface area contributed by atoms with Crippen molar-refractivity contribution in [3.63, 3.8) is 0 Å². The lowest BCUT2D eigenvalue weighted by molar-refractivity contribution is 0.0999. The number of nitrogens with zero attached hydrogens (tertiary/aromatic N) is 2. The van der Waals surface area contributed by atoms with E-state index in [-0.39, 0.29) is 18.0 Å². The van der Waals surface area contributed by atoms with Crippen LogP contribution >= 0.6 is 0 Å². The molecule has 0 saturated heterocycles. The van der Waals surface area contributed by atoms with Crippen LogP contribution in [0.15, 0.2) is 30.6 Å². The Kier molecular flexibility index (Phi) is 5.23. The molecule has 128 valence electrons. The van der Waals surface area contributed by atoms with Gasteiger partial charge in [-0.25, -0.2) is 9.78 Å². The fourth-order valence-corrected chi connectivity index (χ4v) is 2.54. The summed E-state index contributed by atoms with van der Waals surface area (Å²) in [6.45, 7) is 5.77. The second-order valence-electron chi connectivity index (χ2n) is 6.06. The van der Waals surface area contributed by atoms with Gasteiger partial charge in [0.15, 0.2) is 0 Å². The molecule has 1 heterocycles. The molecule has 0 unspecified atom stereocenters. The first kappa shape index (κ1) is 17.5. The number of nitrogens with two attached hydrogens (primary N) is 1. The van der Waals surface area contributed by atoms with Crippen LogP contribution in [0.25, 0.3) is 0 Å². The van der Waals surface area contributed by atoms with E-state index >= 15 is 0 Å². The summed E-state index contributed by atoms with van der Waals surface area (Å²) < 4.78 is 1.88. The molecule has 0 fully saturated rings. The molecule has 24 heavy (non-hydrogen) atoms. The van der Waals surface area contributed by atoms with Crippen molar-refractivity contribution < 1.29 is 9.59 Å². The van der Waals surface area contributed by atoms with Crippen LogP contribution in [0.1, 0.15) is 41.6 Å². The van der Waals surface area contributed by atoms with Crippen LogP contribution in [-0.2, 0) is 7.05 Å². The third-order valence-corrected chi connectivity index (χ3v) is 3.94. The molecule has 0 aliphatic heterocycles. The number of primary amides is 1. The van der Waals surface area contributed by atoms with Gasteiger partial charge < -0.3 is 20.9 Å². The predicted octanol–water partition coefficient (Wildman–Crippen LogP) is 2.35. The predicted molar refractivity (Wildman–Crippen MR) is 92.6 cm³/mol. The normalized spacial score (nSPS) is 12.0. The first-order valence-corrected chi connectivity index (χ1v) is 7.75. The topological polar surface area (TPSA) is 102 Å². The van der Waals surface area contributed by atoms with E-state index in [0.29, 0.717) is 16.8 Å². The van der Waals surface area contributed by atoms with E-state index in [4.69, 9.17) is 5.73 Å². The van der Waals surface area contributed by atoms with Gasteiger partial charge in [0.2, 0.25) is 5.91 Å². The van der Waals surface area contributed by atoms with Gasteiger partial charge >= 0.3 is 6.03 Å². The van der Waals surface area contributed by atoms with Gasteiger partial charge in [-0.3, -0.25) is 4.79 Å². The molecular weight excluding hydrogens is 306 g/mol. The fourth-order valence-electron chi connectivity index (χ4n) is 2.54. The molecule has 7 nitrogen and oxygen atoms in total. The molecule has 0 saturated carbocycles. The third kappa shape index (κ3) is 3.73. The van der Waals surface area contributed by atoms with E-state index in [1.54, 1.807) is 31.3 Å². The Hall–Kier alpha value is -2.83. The molecule has 0 bridgehead atoms. The van der Waals surface area contributed by atoms with E-state index < -0.39 is 5.91 Å². The Labute approximate surface area is 141 Å². The van der Waals surface area contributed by atoms with Gasteiger partial charge in [-0.2, -0.15) is 0 Å². The first-order valence-electron chi connectivity index (χ1n) is 7.75. The fraction of sp³-hybridized carbons (Fsp3) is 0.353. The molecule has 2 rings (SSSR count). The van der Waals surface area contributed by atoms with Crippen LogP contribution in [-0.4, -0.2) is 21.5 Å². The zero-order valence-electron chi connectivity index (χ0n) is 14.3. The number of urea groups is 1. The molecule has 0 radical (unpaired) electrons. The van der Waals surface area contributed by atoms with Crippen molar-refractivity contribution in [2.75, 3.05) is 5.32 Å². The molecule has 1 atom stereocenters. The summed E-state index contributed by atoms with van der Waals surface area (Å²) in [5, 5.41) is 5.71. The molecule has 1 aromatic heterocycles. The van der Waals surface area contributed by atoms with E-state index in [1.165, 1.54) is 0 Å². The van der Waals surface area contributed by atoms with Crippen LogP contribution in [0.4, 0.5) is 10.5 Å². The van der Waals surface area contributed by atoms with Crippen molar-refractivity contribution in [2.24, 2.45) is 18.7 Å². The highest BCUT2D eigenvalue weighted by Gasteiger charge is 2.22. The van der Waals surface area contributed by atoms with Gasteiger partial charge in [0.05, 0.1) is 6.04 Å². The summed E-state index contributed by atoms with van der Waals surface area (Å²) in [6, 6.07) is 4.45. The second kappa shape index (κ2) is 7.16. The molecule has 0 aliphatic carbocycles. The quantitative estimate of drug-likeness (QED) is 0.784. The van der Waals surface area contributed by atoms with Crippen molar-refractivity contribution in [3.8, 4) is 0 Å². The number of carbonyl (C=O) groups excluding carboxylic acids is 2. The zero-order valence-corrected chi connectivity index (χ0v) is 14.3. The zero-order chi connectivity index (χ0) is 17.9. The monoisotopic (exact) mass is 329 g/mol. The van der Waals surface area contributed by atoms with Crippen molar-refractivity contribution >= 4 is 17.6 Å². The number of rotatable bonds is 5. The summed E-state index contributed by atoms with van der Waals surface area (Å²) in [6.07, 6.45) is 3.54. The van der Waals surface area contributed by atoms with Gasteiger partial charge in [-0.05, 0) is 30.5 Å². The molecular formula is C17H23N5O2. The number of aryl methyl sites for hydroxylation is 1. The summed E-state index contributed by atoms with van der Waals surface area (Å²) in [7, 11) is 1.89. The first-order chi connectivity index (χ1) is 11.3. The largest absolute Gasteiger partial charge is 0.366 e. The minimum atomic E-state index is -0.523. The Morgan fingerprint density at radius 1 is 1.29 bits per heavy atom. The third-order valence-electron chi connectivity index (χ3n) is 3.94. The van der Waals surface area contributed by atoms with Gasteiger partial charge in [0, 0.05) is 30.7 Å². The maximum Gasteiger partial charge on any atom is 0.319 e. The number of imidazole rings is 1. The minimum Gasteiger partial charge on any atom is -0.366 e. The van der Waals surface area contributed by atoms with Crippen molar-refractivity contribution in [1.82, 2.24) is 14.9 Å². The maximum atomic E-state index is 12.4. The molecule has 0 aliphatic rings. The minimum absolute atomic E-state index is 0.162. The van der Waals surface area contributed by atoms with Crippen LogP contribution in [0.3, 0.4) is 0 Å². The van der Waals surface area contributed by atoms with Crippen LogP contribution in [0.2, 0.25) is 0 Å². The van der Waals surface area contributed by atoms with Gasteiger partial charge in [0.25, 0.3) is 0 Å². The lowest BCUT2D eigenvalue weighted by Crippen LogP contribution is -2.36. The van der Waals surface area contributed by atoms with Crippen molar-refractivity contribution in [1.29, 1.82) is 0 Å². The van der Waals surface area contributed by atoms with E-state index in [9.17, 15) is 9.59 Å². The van der Waals surface area contributed by atoms with Crippen molar-refractivity contribution in [3.05, 3.63) is 47.5 Å². The number of benzene rings is 1. The maximum absolute atomic E-state index is 12.4. The van der Waals surface area contributed by atoms with Gasteiger partial charge in [-0.1, -0.05) is 19.9 Å². The Bertz CT molecular complexity index is 751.